The molecule has 0 aliphatic rings. The molecule has 3 N–H and O–H groups in total. The van der Waals surface area contributed by atoms with Crippen LogP contribution in [0.15, 0.2) is 12.3 Å². The molecule has 0 saturated heterocycles. The van der Waals surface area contributed by atoms with E-state index in [9.17, 15) is 14.9 Å². The van der Waals surface area contributed by atoms with Crippen LogP contribution in [0.5, 0.6) is 0 Å². The predicted octanol–water partition coefficient (Wildman–Crippen LogP) is 0.212. The summed E-state index contributed by atoms with van der Waals surface area (Å²) in [6.07, 6.45) is 1.20. The number of aryl methyl sites for hydroxylation is 1. The third kappa shape index (κ3) is 4.34. The number of nitrogens with two attached hydrogens (primary N) is 1. The normalized spacial score (nSPS) is 10.1. The fraction of sp³-hybridized carbons (Fsp3) is 0.400. The Kier molecular flexibility index (Phi) is 5.00. The number of primary amides is 1. The van der Waals surface area contributed by atoms with E-state index in [1.807, 2.05) is 0 Å². The molecule has 0 fully saturated rings. The van der Waals surface area contributed by atoms with E-state index in [-0.39, 0.29) is 12.3 Å². The van der Waals surface area contributed by atoms with Crippen LogP contribution in [0.4, 0.5) is 11.5 Å². The topological polar surface area (TPSA) is 120 Å². The first-order valence-electron chi connectivity index (χ1n) is 5.21. The Morgan fingerprint density at radius 2 is 2.39 bits per heavy atom. The van der Waals surface area contributed by atoms with Crippen molar-refractivity contribution in [3.63, 3.8) is 0 Å². The highest BCUT2D eigenvalue weighted by Crippen LogP contribution is 2.18. The summed E-state index contributed by atoms with van der Waals surface area (Å²) in [6.45, 7) is 2.22. The summed E-state index contributed by atoms with van der Waals surface area (Å²) in [4.78, 5) is 24.4. The third-order valence-electron chi connectivity index (χ3n) is 2.08. The molecule has 18 heavy (non-hydrogen) atoms. The van der Waals surface area contributed by atoms with Crippen LogP contribution in [0.3, 0.4) is 0 Å². The van der Waals surface area contributed by atoms with E-state index in [4.69, 9.17) is 10.5 Å². The van der Waals surface area contributed by atoms with Crippen LogP contribution >= 0.6 is 0 Å². The standard InChI is InChI=1S/C10H14N4O4/c1-7-4-10(13-5-8(7)14(16)17)12-2-3-18-6-9(11)15/h4-5H,2-3,6H2,1H3,(H2,11,15)(H,12,13). The van der Waals surface area contributed by atoms with E-state index in [1.54, 1.807) is 13.0 Å². The van der Waals surface area contributed by atoms with Crippen LogP contribution in [0.25, 0.3) is 0 Å². The molecule has 1 rings (SSSR count). The van der Waals surface area contributed by atoms with Gasteiger partial charge in [0.05, 0.1) is 11.5 Å². The van der Waals surface area contributed by atoms with Gasteiger partial charge >= 0.3 is 0 Å². The molecule has 0 atom stereocenters. The molecule has 1 aromatic heterocycles. The minimum absolute atomic E-state index is 0.0227. The van der Waals surface area contributed by atoms with Gasteiger partial charge in [0.25, 0.3) is 5.69 Å². The Hall–Kier alpha value is -2.22. The minimum atomic E-state index is -0.528. The van der Waals surface area contributed by atoms with Crippen molar-refractivity contribution in [2.45, 2.75) is 6.92 Å². The Balaban J connectivity index is 2.42. The second-order valence-electron chi connectivity index (χ2n) is 3.56. The quantitative estimate of drug-likeness (QED) is 0.407. The van der Waals surface area contributed by atoms with Gasteiger partial charge in [0.2, 0.25) is 5.91 Å². The van der Waals surface area contributed by atoms with Crippen LogP contribution in [-0.2, 0) is 9.53 Å². The lowest BCUT2D eigenvalue weighted by Crippen LogP contribution is -2.20. The van der Waals surface area contributed by atoms with Crippen LogP contribution in [0.2, 0.25) is 0 Å². The van der Waals surface area contributed by atoms with Crippen LogP contribution in [-0.4, -0.2) is 35.6 Å². The average molecular weight is 254 g/mol. The van der Waals surface area contributed by atoms with Crippen molar-refractivity contribution in [2.24, 2.45) is 5.73 Å². The number of aromatic nitrogens is 1. The van der Waals surface area contributed by atoms with Gasteiger partial charge in [-0.15, -0.1) is 0 Å². The van der Waals surface area contributed by atoms with Gasteiger partial charge in [-0.05, 0) is 13.0 Å². The van der Waals surface area contributed by atoms with E-state index in [2.05, 4.69) is 10.3 Å². The number of amides is 1. The van der Waals surface area contributed by atoms with Crippen LogP contribution in [0.1, 0.15) is 5.56 Å². The highest BCUT2D eigenvalue weighted by molar-refractivity contribution is 5.74. The summed E-state index contributed by atoms with van der Waals surface area (Å²) >= 11 is 0. The van der Waals surface area contributed by atoms with Crippen molar-refractivity contribution >= 4 is 17.4 Å². The van der Waals surface area contributed by atoms with Crippen LogP contribution in [0, 0.1) is 17.0 Å². The number of nitrogens with zero attached hydrogens (tertiary/aromatic N) is 2. The number of carbonyl (C=O) groups is 1. The number of pyridine rings is 1. The molecule has 0 aliphatic heterocycles. The van der Waals surface area contributed by atoms with E-state index in [0.29, 0.717) is 24.5 Å². The highest BCUT2D eigenvalue weighted by Gasteiger charge is 2.10. The number of nitrogens with one attached hydrogen (secondary N) is 1. The summed E-state index contributed by atoms with van der Waals surface area (Å²) in [6, 6.07) is 1.58. The van der Waals surface area contributed by atoms with Gasteiger partial charge in [-0.1, -0.05) is 0 Å². The number of carbonyl (C=O) groups excluding carboxylic acids is 1. The molecule has 0 unspecified atom stereocenters. The fourth-order valence-corrected chi connectivity index (χ4v) is 1.26. The van der Waals surface area contributed by atoms with E-state index in [0.717, 1.165) is 0 Å². The maximum atomic E-state index is 10.6. The second kappa shape index (κ2) is 6.50. The Morgan fingerprint density at radius 3 is 2.94 bits per heavy atom. The SMILES string of the molecule is Cc1cc(NCCOCC(N)=O)ncc1[N+](=O)[O-]. The molecule has 1 heterocycles. The molecule has 0 spiro atoms. The number of rotatable bonds is 7. The fourth-order valence-electron chi connectivity index (χ4n) is 1.26. The zero-order chi connectivity index (χ0) is 13.5. The molecular weight excluding hydrogens is 240 g/mol. The van der Waals surface area contributed by atoms with Crippen LogP contribution < -0.4 is 11.1 Å². The van der Waals surface area contributed by atoms with Gasteiger partial charge < -0.3 is 15.8 Å². The average Bonchev–Trinajstić information content (AvgIpc) is 2.27. The molecule has 1 amide bonds. The highest BCUT2D eigenvalue weighted by atomic mass is 16.6. The van der Waals surface area contributed by atoms with Crippen molar-refractivity contribution in [2.75, 3.05) is 25.1 Å². The molecule has 0 saturated carbocycles. The van der Waals surface area contributed by atoms with Crippen molar-refractivity contribution in [1.29, 1.82) is 0 Å². The number of ether oxygens (including phenoxy) is 1. The minimum Gasteiger partial charge on any atom is -0.370 e. The first-order chi connectivity index (χ1) is 8.50. The zero-order valence-corrected chi connectivity index (χ0v) is 9.88. The van der Waals surface area contributed by atoms with Gasteiger partial charge in [0, 0.05) is 12.1 Å². The smallest absolute Gasteiger partial charge is 0.290 e. The Labute approximate surface area is 103 Å². The summed E-state index contributed by atoms with van der Waals surface area (Å²) in [5.41, 5.74) is 5.39. The van der Waals surface area contributed by atoms with E-state index in [1.165, 1.54) is 6.20 Å². The largest absolute Gasteiger partial charge is 0.370 e. The Morgan fingerprint density at radius 1 is 1.67 bits per heavy atom. The maximum absolute atomic E-state index is 10.6. The predicted molar refractivity (Wildman–Crippen MR) is 64.1 cm³/mol. The molecule has 0 bridgehead atoms. The molecule has 0 aliphatic carbocycles. The van der Waals surface area contributed by atoms with E-state index < -0.39 is 10.8 Å². The van der Waals surface area contributed by atoms with Crippen molar-refractivity contribution in [3.05, 3.63) is 27.9 Å². The third-order valence-corrected chi connectivity index (χ3v) is 2.08. The summed E-state index contributed by atoms with van der Waals surface area (Å²) in [5.74, 6) is -0.0138. The first kappa shape index (κ1) is 13.8. The number of nitro groups is 1. The summed E-state index contributed by atoms with van der Waals surface area (Å²) in [7, 11) is 0. The lowest BCUT2D eigenvalue weighted by molar-refractivity contribution is -0.385. The molecule has 8 nitrogen and oxygen atoms in total. The summed E-state index contributed by atoms with van der Waals surface area (Å²) in [5, 5.41) is 13.5. The molecule has 0 aromatic carbocycles. The zero-order valence-electron chi connectivity index (χ0n) is 9.88. The number of anilines is 1. The Bertz CT molecular complexity index is 450. The molecule has 1 aromatic rings. The molecule has 0 radical (unpaired) electrons. The number of hydrogen-bond donors (Lipinski definition) is 2. The summed E-state index contributed by atoms with van der Waals surface area (Å²) < 4.78 is 4.94. The van der Waals surface area contributed by atoms with Crippen molar-refractivity contribution < 1.29 is 14.5 Å². The lowest BCUT2D eigenvalue weighted by atomic mass is 10.2. The van der Waals surface area contributed by atoms with Gasteiger partial charge in [-0.25, -0.2) is 4.98 Å². The first-order valence-corrected chi connectivity index (χ1v) is 5.21. The number of hydrogen-bond acceptors (Lipinski definition) is 6. The van der Waals surface area contributed by atoms with Gasteiger partial charge in [-0.3, -0.25) is 14.9 Å². The van der Waals surface area contributed by atoms with Crippen molar-refractivity contribution in [3.8, 4) is 0 Å². The van der Waals surface area contributed by atoms with Gasteiger partial charge in [0.1, 0.15) is 18.6 Å². The maximum Gasteiger partial charge on any atom is 0.290 e. The monoisotopic (exact) mass is 254 g/mol. The lowest BCUT2D eigenvalue weighted by Gasteiger charge is -2.06. The van der Waals surface area contributed by atoms with E-state index >= 15 is 0 Å². The van der Waals surface area contributed by atoms with Gasteiger partial charge in [0.15, 0.2) is 0 Å². The molecule has 98 valence electrons. The molecule has 8 heteroatoms. The van der Waals surface area contributed by atoms with Gasteiger partial charge in [-0.2, -0.15) is 0 Å². The molecular formula is C10H14N4O4. The second-order valence-corrected chi connectivity index (χ2v) is 3.56. The van der Waals surface area contributed by atoms with Crippen molar-refractivity contribution in [1.82, 2.24) is 4.98 Å².